The van der Waals surface area contributed by atoms with Crippen molar-refractivity contribution >= 4 is 11.9 Å². The maximum atomic E-state index is 12.0. The topological polar surface area (TPSA) is 93.1 Å². The van der Waals surface area contributed by atoms with Gasteiger partial charge in [-0.3, -0.25) is 0 Å². The SMILES string of the molecule is Cc1cc(CCCOC(=O)C(=O)OCCCc2cc(C)c(O)c(C(C)(C)C)c2)cc(C(C)(C)C)c1O. The van der Waals surface area contributed by atoms with Gasteiger partial charge in [0.2, 0.25) is 0 Å². The molecule has 2 aromatic carbocycles. The number of rotatable bonds is 8. The molecule has 0 unspecified atom stereocenters. The molecule has 36 heavy (non-hydrogen) atoms. The van der Waals surface area contributed by atoms with Crippen molar-refractivity contribution in [3.63, 3.8) is 0 Å². The summed E-state index contributed by atoms with van der Waals surface area (Å²) in [4.78, 5) is 24.0. The molecule has 0 aliphatic rings. The lowest BCUT2D eigenvalue weighted by molar-refractivity contribution is -0.167. The van der Waals surface area contributed by atoms with Crippen molar-refractivity contribution in [1.29, 1.82) is 0 Å². The van der Waals surface area contributed by atoms with Gasteiger partial charge in [0.15, 0.2) is 0 Å². The predicted molar refractivity (Wildman–Crippen MR) is 142 cm³/mol. The fraction of sp³-hybridized carbons (Fsp3) is 0.533. The minimum Gasteiger partial charge on any atom is -0.507 e. The second kappa shape index (κ2) is 11.8. The standard InChI is InChI=1S/C30H42O6/c1-19-15-21(17-23(25(19)31)29(3,4)5)11-9-13-35-27(33)28(34)36-14-10-12-22-16-20(2)26(32)24(18-22)30(6,7)8/h15-18,31-32H,9-14H2,1-8H3. The van der Waals surface area contributed by atoms with Crippen LogP contribution >= 0.6 is 0 Å². The van der Waals surface area contributed by atoms with Crippen LogP contribution in [0.15, 0.2) is 24.3 Å². The van der Waals surface area contributed by atoms with E-state index in [4.69, 9.17) is 9.47 Å². The maximum Gasteiger partial charge on any atom is 0.417 e. The summed E-state index contributed by atoms with van der Waals surface area (Å²) in [6.07, 6.45) is 2.44. The molecule has 2 aromatic rings. The first kappa shape index (κ1) is 29.2. The van der Waals surface area contributed by atoms with Crippen LogP contribution in [0.2, 0.25) is 0 Å². The van der Waals surface area contributed by atoms with E-state index in [2.05, 4.69) is 0 Å². The van der Waals surface area contributed by atoms with Crippen molar-refractivity contribution in [2.24, 2.45) is 0 Å². The molecule has 0 aromatic heterocycles. The second-order valence-corrected chi connectivity index (χ2v) is 11.6. The van der Waals surface area contributed by atoms with Crippen LogP contribution in [0.3, 0.4) is 0 Å². The Hall–Kier alpha value is -3.02. The summed E-state index contributed by atoms with van der Waals surface area (Å²) in [5.74, 6) is -1.34. The Balaban J connectivity index is 1.77. The number of phenolic OH excluding ortho intramolecular Hbond substituents is 2. The van der Waals surface area contributed by atoms with Crippen LogP contribution < -0.4 is 0 Å². The van der Waals surface area contributed by atoms with Gasteiger partial charge < -0.3 is 19.7 Å². The van der Waals surface area contributed by atoms with Gasteiger partial charge in [0.25, 0.3) is 0 Å². The lowest BCUT2D eigenvalue weighted by atomic mass is 9.83. The van der Waals surface area contributed by atoms with Gasteiger partial charge in [-0.1, -0.05) is 65.8 Å². The smallest absolute Gasteiger partial charge is 0.417 e. The molecule has 0 aliphatic heterocycles. The molecular formula is C30H42O6. The first-order chi connectivity index (χ1) is 16.6. The minimum atomic E-state index is -0.984. The molecule has 0 spiro atoms. The first-order valence-electron chi connectivity index (χ1n) is 12.6. The Bertz CT molecular complexity index is 999. The van der Waals surface area contributed by atoms with Gasteiger partial charge in [-0.05, 0) is 83.7 Å². The molecule has 2 N–H and O–H groups in total. The van der Waals surface area contributed by atoms with E-state index in [0.717, 1.165) is 33.4 Å². The number of hydrogen-bond acceptors (Lipinski definition) is 6. The Morgan fingerprint density at radius 1 is 0.667 bits per heavy atom. The van der Waals surface area contributed by atoms with Crippen molar-refractivity contribution < 1.29 is 29.3 Å². The van der Waals surface area contributed by atoms with E-state index in [9.17, 15) is 19.8 Å². The number of aromatic hydroxyl groups is 2. The largest absolute Gasteiger partial charge is 0.507 e. The van der Waals surface area contributed by atoms with E-state index in [0.29, 0.717) is 37.2 Å². The number of carbonyl (C=O) groups excluding carboxylic acids is 2. The van der Waals surface area contributed by atoms with Crippen LogP contribution in [0.4, 0.5) is 0 Å². The van der Waals surface area contributed by atoms with Crippen molar-refractivity contribution in [3.05, 3.63) is 57.6 Å². The van der Waals surface area contributed by atoms with E-state index < -0.39 is 11.9 Å². The molecule has 0 bridgehead atoms. The molecule has 2 rings (SSSR count). The molecule has 6 heteroatoms. The third-order valence-corrected chi connectivity index (χ3v) is 6.19. The Kier molecular flexibility index (Phi) is 9.58. The van der Waals surface area contributed by atoms with Gasteiger partial charge in [-0.15, -0.1) is 0 Å². The molecule has 0 heterocycles. The number of benzene rings is 2. The van der Waals surface area contributed by atoms with Crippen LogP contribution in [-0.2, 0) is 42.7 Å². The molecule has 0 radical (unpaired) electrons. The highest BCUT2D eigenvalue weighted by molar-refractivity contribution is 6.29. The van der Waals surface area contributed by atoms with Gasteiger partial charge in [-0.25, -0.2) is 9.59 Å². The van der Waals surface area contributed by atoms with Crippen LogP contribution in [0.1, 0.15) is 87.8 Å². The first-order valence-corrected chi connectivity index (χ1v) is 12.6. The van der Waals surface area contributed by atoms with Gasteiger partial charge in [0.1, 0.15) is 11.5 Å². The number of carbonyl (C=O) groups is 2. The molecule has 198 valence electrons. The fourth-order valence-corrected chi connectivity index (χ4v) is 4.14. The summed E-state index contributed by atoms with van der Waals surface area (Å²) >= 11 is 0. The summed E-state index contributed by atoms with van der Waals surface area (Å²) in [5, 5.41) is 20.7. The zero-order chi connectivity index (χ0) is 27.3. The number of hydrogen-bond donors (Lipinski definition) is 2. The molecule has 0 atom stereocenters. The number of phenols is 2. The second-order valence-electron chi connectivity index (χ2n) is 11.6. The molecular weight excluding hydrogens is 456 g/mol. The lowest BCUT2D eigenvalue weighted by Gasteiger charge is -2.22. The van der Waals surface area contributed by atoms with Gasteiger partial charge in [0.05, 0.1) is 13.2 Å². The summed E-state index contributed by atoms with van der Waals surface area (Å²) in [5.41, 5.74) is 5.13. The third kappa shape index (κ3) is 8.00. The van der Waals surface area contributed by atoms with E-state index >= 15 is 0 Å². The van der Waals surface area contributed by atoms with Crippen molar-refractivity contribution in [2.75, 3.05) is 13.2 Å². The van der Waals surface area contributed by atoms with Gasteiger partial charge in [-0.2, -0.15) is 0 Å². The van der Waals surface area contributed by atoms with E-state index in [-0.39, 0.29) is 24.0 Å². The van der Waals surface area contributed by atoms with Crippen molar-refractivity contribution in [3.8, 4) is 11.5 Å². The van der Waals surface area contributed by atoms with E-state index in [1.54, 1.807) is 0 Å². The van der Waals surface area contributed by atoms with Gasteiger partial charge >= 0.3 is 11.9 Å². The van der Waals surface area contributed by atoms with Crippen LogP contribution in [0.25, 0.3) is 0 Å². The zero-order valence-corrected chi connectivity index (χ0v) is 23.1. The normalized spacial score (nSPS) is 11.9. The minimum absolute atomic E-state index is 0.112. The zero-order valence-electron chi connectivity index (χ0n) is 23.1. The third-order valence-electron chi connectivity index (χ3n) is 6.19. The number of ether oxygens (including phenoxy) is 2. The highest BCUT2D eigenvalue weighted by atomic mass is 16.6. The van der Waals surface area contributed by atoms with Crippen LogP contribution in [-0.4, -0.2) is 35.4 Å². The summed E-state index contributed by atoms with van der Waals surface area (Å²) in [6.45, 7) is 16.3. The fourth-order valence-electron chi connectivity index (χ4n) is 4.14. The number of aryl methyl sites for hydroxylation is 4. The predicted octanol–water partition coefficient (Wildman–Crippen LogP) is 5.96. The van der Waals surface area contributed by atoms with Gasteiger partial charge in [0, 0.05) is 0 Å². The molecule has 6 nitrogen and oxygen atoms in total. The van der Waals surface area contributed by atoms with Crippen molar-refractivity contribution in [1.82, 2.24) is 0 Å². The summed E-state index contributed by atoms with van der Waals surface area (Å²) in [6, 6.07) is 7.83. The number of esters is 2. The monoisotopic (exact) mass is 498 g/mol. The van der Waals surface area contributed by atoms with E-state index in [1.165, 1.54) is 0 Å². The van der Waals surface area contributed by atoms with Crippen LogP contribution in [0, 0.1) is 13.8 Å². The Labute approximate surface area is 215 Å². The Morgan fingerprint density at radius 2 is 1.00 bits per heavy atom. The molecule has 0 saturated carbocycles. The maximum absolute atomic E-state index is 12.0. The van der Waals surface area contributed by atoms with Crippen LogP contribution in [0.5, 0.6) is 11.5 Å². The molecule has 0 fully saturated rings. The summed E-state index contributed by atoms with van der Waals surface area (Å²) < 4.78 is 10.2. The molecule has 0 aliphatic carbocycles. The average molecular weight is 499 g/mol. The molecule has 0 saturated heterocycles. The highest BCUT2D eigenvalue weighted by Crippen LogP contribution is 2.35. The quantitative estimate of drug-likeness (QED) is 0.265. The highest BCUT2D eigenvalue weighted by Gasteiger charge is 2.22. The van der Waals surface area contributed by atoms with E-state index in [1.807, 2.05) is 79.7 Å². The van der Waals surface area contributed by atoms with Crippen molar-refractivity contribution in [2.45, 2.75) is 91.9 Å². The summed E-state index contributed by atoms with van der Waals surface area (Å²) in [7, 11) is 0. The molecule has 0 amide bonds. The Morgan fingerprint density at radius 3 is 1.31 bits per heavy atom. The average Bonchev–Trinajstić information content (AvgIpc) is 2.76. The lowest BCUT2D eigenvalue weighted by Crippen LogP contribution is -2.21.